The molecule has 0 bridgehead atoms. The first-order valence-electron chi connectivity index (χ1n) is 9.36. The van der Waals surface area contributed by atoms with Crippen molar-refractivity contribution in [2.45, 2.75) is 32.5 Å². The van der Waals surface area contributed by atoms with Crippen LogP contribution in [-0.2, 0) is 11.0 Å². The molecule has 0 spiro atoms. The third-order valence-corrected chi connectivity index (χ3v) is 4.75. The summed E-state index contributed by atoms with van der Waals surface area (Å²) in [7, 11) is 0. The van der Waals surface area contributed by atoms with Crippen molar-refractivity contribution in [1.29, 1.82) is 0 Å². The van der Waals surface area contributed by atoms with Crippen LogP contribution in [-0.4, -0.2) is 22.5 Å². The maximum absolute atomic E-state index is 13.7. The van der Waals surface area contributed by atoms with E-state index in [1.54, 1.807) is 0 Å². The Kier molecular flexibility index (Phi) is 6.12. The van der Waals surface area contributed by atoms with Gasteiger partial charge in [-0.2, -0.15) is 13.2 Å². The molecule has 0 saturated carbocycles. The number of aliphatic hydroxyl groups excluding tert-OH is 1. The average molecular weight is 423 g/mol. The Balaban J connectivity index is 1.91. The van der Waals surface area contributed by atoms with Crippen LogP contribution in [0.15, 0.2) is 47.8 Å². The first kappa shape index (κ1) is 21.8. The van der Waals surface area contributed by atoms with Crippen LogP contribution in [0.25, 0.3) is 0 Å². The van der Waals surface area contributed by atoms with E-state index < -0.39 is 23.7 Å². The molecule has 3 N–H and O–H groups in total. The summed E-state index contributed by atoms with van der Waals surface area (Å²) in [4.78, 5) is 16.3. The first-order valence-corrected chi connectivity index (χ1v) is 9.36. The van der Waals surface area contributed by atoms with Crippen molar-refractivity contribution in [2.75, 3.05) is 11.9 Å². The molecule has 1 aliphatic heterocycles. The smallest absolute Gasteiger partial charge is 0.384 e. The topological polar surface area (TPSA) is 74.2 Å². The second kappa shape index (κ2) is 8.43. The van der Waals surface area contributed by atoms with Crippen LogP contribution in [0, 0.1) is 11.7 Å². The molecule has 0 aliphatic carbocycles. The predicted molar refractivity (Wildman–Crippen MR) is 103 cm³/mol. The minimum Gasteiger partial charge on any atom is -0.384 e. The lowest BCUT2D eigenvalue weighted by atomic mass is 9.96. The van der Waals surface area contributed by atoms with Gasteiger partial charge in [0.1, 0.15) is 17.7 Å². The SMILES string of the molecule is CC(C)C1=C(Nc2cc(C(O)c3cc(F)cc(C(F)(F)F)c3)ccn2)CCNC1=O. The number of benzene rings is 1. The molecule has 1 atom stereocenters. The Bertz CT molecular complexity index is 986. The fourth-order valence-electron chi connectivity index (χ4n) is 3.37. The summed E-state index contributed by atoms with van der Waals surface area (Å²) in [5, 5.41) is 16.4. The minimum absolute atomic E-state index is 0.0327. The fraction of sp³-hybridized carbons (Fsp3) is 0.333. The number of carbonyl (C=O) groups excluding carboxylic acids is 1. The standard InChI is InChI=1S/C21H21F4N3O2/c1-11(2)18-16(4-6-27-20(18)30)28-17-9-12(3-5-26-17)19(29)13-7-14(21(23,24)25)10-15(22)8-13/h3,5,7-11,19,29H,4,6H2,1-2H3,(H,26,28)(H,27,30). The molecular weight excluding hydrogens is 402 g/mol. The maximum Gasteiger partial charge on any atom is 0.416 e. The highest BCUT2D eigenvalue weighted by molar-refractivity contribution is 5.96. The summed E-state index contributed by atoms with van der Waals surface area (Å²) in [6.07, 6.45) is -4.28. The molecule has 5 nitrogen and oxygen atoms in total. The lowest BCUT2D eigenvalue weighted by molar-refractivity contribution is -0.137. The van der Waals surface area contributed by atoms with Crippen LogP contribution in [0.4, 0.5) is 23.4 Å². The molecule has 2 heterocycles. The van der Waals surface area contributed by atoms with Gasteiger partial charge in [0.05, 0.1) is 5.56 Å². The zero-order valence-corrected chi connectivity index (χ0v) is 16.3. The summed E-state index contributed by atoms with van der Waals surface area (Å²) in [6, 6.07) is 4.84. The summed E-state index contributed by atoms with van der Waals surface area (Å²) in [5.41, 5.74) is 0.118. The molecule has 0 radical (unpaired) electrons. The van der Waals surface area contributed by atoms with Crippen LogP contribution >= 0.6 is 0 Å². The van der Waals surface area contributed by atoms with E-state index in [1.165, 1.54) is 18.3 Å². The van der Waals surface area contributed by atoms with E-state index in [1.807, 2.05) is 13.8 Å². The van der Waals surface area contributed by atoms with Gasteiger partial charge >= 0.3 is 6.18 Å². The molecule has 1 aromatic heterocycles. The van der Waals surface area contributed by atoms with Gasteiger partial charge in [-0.05, 0) is 47.4 Å². The zero-order chi connectivity index (χ0) is 22.1. The van der Waals surface area contributed by atoms with Gasteiger partial charge in [-0.3, -0.25) is 4.79 Å². The molecule has 0 saturated heterocycles. The van der Waals surface area contributed by atoms with E-state index in [0.29, 0.717) is 42.2 Å². The van der Waals surface area contributed by atoms with Crippen molar-refractivity contribution in [3.05, 3.63) is 70.3 Å². The van der Waals surface area contributed by atoms with Crippen LogP contribution in [0.5, 0.6) is 0 Å². The Morgan fingerprint density at radius 3 is 2.57 bits per heavy atom. The van der Waals surface area contributed by atoms with E-state index in [-0.39, 0.29) is 23.0 Å². The van der Waals surface area contributed by atoms with Crippen molar-refractivity contribution in [1.82, 2.24) is 10.3 Å². The number of nitrogens with zero attached hydrogens (tertiary/aromatic N) is 1. The van der Waals surface area contributed by atoms with Gasteiger partial charge in [-0.25, -0.2) is 9.37 Å². The number of nitrogens with one attached hydrogen (secondary N) is 2. The van der Waals surface area contributed by atoms with Gasteiger partial charge < -0.3 is 15.7 Å². The number of carbonyl (C=O) groups is 1. The monoisotopic (exact) mass is 423 g/mol. The van der Waals surface area contributed by atoms with Gasteiger partial charge in [-0.1, -0.05) is 13.8 Å². The van der Waals surface area contributed by atoms with E-state index in [2.05, 4.69) is 15.6 Å². The fourth-order valence-corrected chi connectivity index (χ4v) is 3.37. The lowest BCUT2D eigenvalue weighted by Crippen LogP contribution is -2.35. The molecule has 9 heteroatoms. The van der Waals surface area contributed by atoms with Gasteiger partial charge in [0.25, 0.3) is 0 Å². The number of amides is 1. The molecule has 1 unspecified atom stereocenters. The molecular formula is C21H21F4N3O2. The van der Waals surface area contributed by atoms with Gasteiger partial charge in [0.2, 0.25) is 5.91 Å². The van der Waals surface area contributed by atoms with E-state index in [9.17, 15) is 27.5 Å². The van der Waals surface area contributed by atoms with Crippen molar-refractivity contribution in [2.24, 2.45) is 5.92 Å². The number of halogens is 4. The van der Waals surface area contributed by atoms with Crippen molar-refractivity contribution in [3.8, 4) is 0 Å². The number of aliphatic hydroxyl groups is 1. The summed E-state index contributed by atoms with van der Waals surface area (Å²) < 4.78 is 52.6. The number of anilines is 1. The molecule has 1 aromatic carbocycles. The number of pyridine rings is 1. The Morgan fingerprint density at radius 1 is 1.17 bits per heavy atom. The van der Waals surface area contributed by atoms with E-state index >= 15 is 0 Å². The van der Waals surface area contributed by atoms with Gasteiger partial charge in [-0.15, -0.1) is 0 Å². The van der Waals surface area contributed by atoms with E-state index in [0.717, 1.165) is 6.07 Å². The second-order valence-corrected chi connectivity index (χ2v) is 7.33. The number of rotatable bonds is 5. The number of aromatic nitrogens is 1. The molecule has 0 fully saturated rings. The quantitative estimate of drug-likeness (QED) is 0.632. The third kappa shape index (κ3) is 4.79. The molecule has 160 valence electrons. The number of hydrogen-bond donors (Lipinski definition) is 3. The Hall–Kier alpha value is -2.94. The largest absolute Gasteiger partial charge is 0.416 e. The number of hydrogen-bond acceptors (Lipinski definition) is 4. The third-order valence-electron chi connectivity index (χ3n) is 4.75. The second-order valence-electron chi connectivity index (χ2n) is 7.33. The van der Waals surface area contributed by atoms with Crippen LogP contribution in [0.2, 0.25) is 0 Å². The molecule has 1 aliphatic rings. The molecule has 30 heavy (non-hydrogen) atoms. The summed E-state index contributed by atoms with van der Waals surface area (Å²) >= 11 is 0. The van der Waals surface area contributed by atoms with Crippen LogP contribution in [0.1, 0.15) is 43.1 Å². The highest BCUT2D eigenvalue weighted by Crippen LogP contribution is 2.33. The van der Waals surface area contributed by atoms with Crippen LogP contribution in [0.3, 0.4) is 0 Å². The number of alkyl halides is 3. The summed E-state index contributed by atoms with van der Waals surface area (Å²) in [6.45, 7) is 4.23. The van der Waals surface area contributed by atoms with Crippen molar-refractivity contribution < 1.29 is 27.5 Å². The minimum atomic E-state index is -4.73. The van der Waals surface area contributed by atoms with Crippen LogP contribution < -0.4 is 10.6 Å². The van der Waals surface area contributed by atoms with E-state index in [4.69, 9.17) is 0 Å². The van der Waals surface area contributed by atoms with Crippen molar-refractivity contribution >= 4 is 11.7 Å². The van der Waals surface area contributed by atoms with Gasteiger partial charge in [0, 0.05) is 30.4 Å². The lowest BCUT2D eigenvalue weighted by Gasteiger charge is -2.24. The Morgan fingerprint density at radius 2 is 1.90 bits per heavy atom. The average Bonchev–Trinajstić information content (AvgIpc) is 2.66. The predicted octanol–water partition coefficient (Wildman–Crippen LogP) is 4.16. The maximum atomic E-state index is 13.7. The Labute approximate surface area is 170 Å². The van der Waals surface area contributed by atoms with Crippen molar-refractivity contribution in [3.63, 3.8) is 0 Å². The highest BCUT2D eigenvalue weighted by Gasteiger charge is 2.32. The highest BCUT2D eigenvalue weighted by atomic mass is 19.4. The first-order chi connectivity index (χ1) is 14.1. The summed E-state index contributed by atoms with van der Waals surface area (Å²) in [5.74, 6) is -0.975. The molecule has 2 aromatic rings. The normalized spacial score (nSPS) is 15.9. The van der Waals surface area contributed by atoms with Gasteiger partial charge in [0.15, 0.2) is 0 Å². The zero-order valence-electron chi connectivity index (χ0n) is 16.3. The molecule has 3 rings (SSSR count). The molecule has 1 amide bonds.